The van der Waals surface area contributed by atoms with Gasteiger partial charge in [-0.25, -0.2) is 0 Å². The topological polar surface area (TPSA) is 195 Å². The highest BCUT2D eigenvalue weighted by Crippen LogP contribution is 2.33. The summed E-state index contributed by atoms with van der Waals surface area (Å²) in [6, 6.07) is -1.03. The van der Waals surface area contributed by atoms with Crippen molar-refractivity contribution < 1.29 is 58.9 Å². The molecule has 1 fully saturated rings. The molecule has 0 bridgehead atoms. The molecular weight excluding hydrogens is 444 g/mol. The number of quaternary nitrogens is 1. The number of nitrogens with zero attached hydrogens (tertiary/aromatic N) is 1. The number of carbonyl (C=O) groups is 2. The van der Waals surface area contributed by atoms with E-state index in [0.29, 0.717) is 11.0 Å². The van der Waals surface area contributed by atoms with Gasteiger partial charge in [-0.3, -0.25) is 9.59 Å². The van der Waals surface area contributed by atoms with E-state index in [-0.39, 0.29) is 12.8 Å². The molecule has 0 radical (unpaired) electrons. The van der Waals surface area contributed by atoms with Gasteiger partial charge in [-0.1, -0.05) is 0 Å². The maximum absolute atomic E-state index is 12.0. The highest BCUT2D eigenvalue weighted by molar-refractivity contribution is 5.73. The molecule has 1 amide bonds. The first-order chi connectivity index (χ1) is 15.1. The van der Waals surface area contributed by atoms with Crippen molar-refractivity contribution >= 4 is 11.9 Å². The van der Waals surface area contributed by atoms with Crippen molar-refractivity contribution in [2.45, 2.75) is 81.9 Å². The maximum atomic E-state index is 12.0. The highest BCUT2D eigenvalue weighted by atomic mass is 16.8. The van der Waals surface area contributed by atoms with E-state index in [2.05, 4.69) is 5.32 Å². The van der Waals surface area contributed by atoms with Crippen molar-refractivity contribution in [3.63, 3.8) is 0 Å². The number of rotatable bonds is 12. The van der Waals surface area contributed by atoms with E-state index in [1.165, 1.54) is 13.8 Å². The quantitative estimate of drug-likeness (QED) is 0.0837. The fourth-order valence-corrected chi connectivity index (χ4v) is 3.62. The van der Waals surface area contributed by atoms with Crippen LogP contribution in [0.5, 0.6) is 0 Å². The zero-order valence-electron chi connectivity index (χ0n) is 19.7. The molecule has 8 unspecified atom stereocenters. The van der Waals surface area contributed by atoms with Crippen LogP contribution in [0.2, 0.25) is 0 Å². The Morgan fingerprint density at radius 2 is 1.82 bits per heavy atom. The minimum absolute atomic E-state index is 0.276. The smallest absolute Gasteiger partial charge is 0.310 e. The van der Waals surface area contributed by atoms with Gasteiger partial charge in [-0.2, -0.15) is 0 Å². The molecular formula is C20H39N2O11+. The normalized spacial score (nSPS) is 29.6. The van der Waals surface area contributed by atoms with Crippen LogP contribution in [-0.2, 0) is 23.8 Å². The lowest BCUT2D eigenvalue weighted by Gasteiger charge is -2.46. The van der Waals surface area contributed by atoms with Gasteiger partial charge < -0.3 is 54.6 Å². The molecule has 0 aromatic carbocycles. The molecule has 7 N–H and O–H groups in total. The van der Waals surface area contributed by atoms with E-state index >= 15 is 0 Å². The number of carbonyl (C=O) groups excluding carboxylic acids is 2. The second kappa shape index (κ2) is 12.3. The molecule has 1 heterocycles. The summed E-state index contributed by atoms with van der Waals surface area (Å²) in [6.45, 7) is 2.16. The fourth-order valence-electron chi connectivity index (χ4n) is 3.62. The van der Waals surface area contributed by atoms with Crippen molar-refractivity contribution in [2.75, 3.05) is 34.3 Å². The summed E-state index contributed by atoms with van der Waals surface area (Å²) in [5.74, 6) is -3.76. The SMILES string of the molecule is CC(=O)NC1C(O)CC(O)(C(O)OC(C)OC(=O)CC(O)C[N+](C)(C)C)OC1CC(O)CO. The third kappa shape index (κ3) is 10.2. The molecule has 13 heteroatoms. The lowest BCUT2D eigenvalue weighted by molar-refractivity contribution is -0.873. The molecule has 0 aromatic rings. The number of aliphatic hydroxyl groups is 6. The number of aliphatic hydroxyl groups excluding tert-OH is 5. The Labute approximate surface area is 193 Å². The van der Waals surface area contributed by atoms with E-state index in [1.807, 2.05) is 21.1 Å². The van der Waals surface area contributed by atoms with Crippen molar-refractivity contribution in [3.8, 4) is 0 Å². The van der Waals surface area contributed by atoms with Crippen LogP contribution in [0.1, 0.15) is 33.1 Å². The molecule has 1 saturated heterocycles. The Bertz CT molecular complexity index is 644. The van der Waals surface area contributed by atoms with Crippen LogP contribution < -0.4 is 5.32 Å². The van der Waals surface area contributed by atoms with Gasteiger partial charge in [-0.15, -0.1) is 0 Å². The summed E-state index contributed by atoms with van der Waals surface area (Å²) in [7, 11) is 5.54. The number of ether oxygens (including phenoxy) is 3. The maximum Gasteiger partial charge on any atom is 0.310 e. The van der Waals surface area contributed by atoms with Gasteiger partial charge in [0.25, 0.3) is 0 Å². The van der Waals surface area contributed by atoms with Crippen LogP contribution in [0.3, 0.4) is 0 Å². The first-order valence-corrected chi connectivity index (χ1v) is 10.7. The Morgan fingerprint density at radius 3 is 2.33 bits per heavy atom. The average Bonchev–Trinajstić information content (AvgIpc) is 2.62. The van der Waals surface area contributed by atoms with Gasteiger partial charge in [0.1, 0.15) is 12.6 Å². The van der Waals surface area contributed by atoms with Gasteiger partial charge in [0.05, 0.1) is 58.5 Å². The molecule has 1 rings (SSSR count). The monoisotopic (exact) mass is 483 g/mol. The zero-order valence-corrected chi connectivity index (χ0v) is 19.7. The van der Waals surface area contributed by atoms with Crippen molar-refractivity contribution in [3.05, 3.63) is 0 Å². The summed E-state index contributed by atoms with van der Waals surface area (Å²) in [5, 5.41) is 62.9. The van der Waals surface area contributed by atoms with E-state index < -0.39 is 73.7 Å². The third-order valence-corrected chi connectivity index (χ3v) is 4.92. The summed E-state index contributed by atoms with van der Waals surface area (Å²) >= 11 is 0. The molecule has 1 aliphatic rings. The fraction of sp³-hybridized carbons (Fsp3) is 0.900. The molecule has 194 valence electrons. The molecule has 13 nitrogen and oxygen atoms in total. The molecule has 0 aromatic heterocycles. The average molecular weight is 484 g/mol. The highest BCUT2D eigenvalue weighted by Gasteiger charge is 2.51. The largest absolute Gasteiger partial charge is 0.436 e. The molecule has 0 saturated carbocycles. The number of hydrogen-bond acceptors (Lipinski definition) is 11. The van der Waals surface area contributed by atoms with Gasteiger partial charge in [0, 0.05) is 19.8 Å². The van der Waals surface area contributed by atoms with Crippen LogP contribution in [-0.4, -0.2) is 130 Å². The molecule has 33 heavy (non-hydrogen) atoms. The van der Waals surface area contributed by atoms with Crippen LogP contribution in [0.15, 0.2) is 0 Å². The van der Waals surface area contributed by atoms with Crippen LogP contribution in [0.4, 0.5) is 0 Å². The second-order valence-electron chi connectivity index (χ2n) is 9.45. The summed E-state index contributed by atoms with van der Waals surface area (Å²) < 4.78 is 16.0. The number of esters is 1. The first kappa shape index (κ1) is 29.6. The molecule has 0 aliphatic carbocycles. The van der Waals surface area contributed by atoms with Crippen molar-refractivity contribution in [2.24, 2.45) is 0 Å². The predicted molar refractivity (Wildman–Crippen MR) is 112 cm³/mol. The van der Waals surface area contributed by atoms with E-state index in [0.717, 1.165) is 0 Å². The van der Waals surface area contributed by atoms with Crippen LogP contribution in [0.25, 0.3) is 0 Å². The van der Waals surface area contributed by atoms with E-state index in [4.69, 9.17) is 19.3 Å². The summed E-state index contributed by atoms with van der Waals surface area (Å²) in [4.78, 5) is 23.5. The number of nitrogens with one attached hydrogen (secondary N) is 1. The van der Waals surface area contributed by atoms with Crippen LogP contribution in [0, 0.1) is 0 Å². The van der Waals surface area contributed by atoms with Gasteiger partial charge in [-0.05, 0) is 6.92 Å². The van der Waals surface area contributed by atoms with Gasteiger partial charge >= 0.3 is 5.97 Å². The minimum atomic E-state index is -2.47. The van der Waals surface area contributed by atoms with E-state index in [1.54, 1.807) is 0 Å². The Balaban J connectivity index is 2.77. The standard InChI is InChI=1S/C20H38N2O11/c1-11(24)21-18-15(27)8-20(30,33-16(18)6-14(26)10-23)19(29)32-12(2)31-17(28)7-13(25)9-22(3,4)5/h12-16,18-19,23,25-27,29-30H,6-10H2,1-5H3/p+1. The second-order valence-corrected chi connectivity index (χ2v) is 9.45. The number of amides is 1. The third-order valence-electron chi connectivity index (χ3n) is 4.92. The predicted octanol–water partition coefficient (Wildman–Crippen LogP) is -3.25. The Morgan fingerprint density at radius 1 is 1.21 bits per heavy atom. The minimum Gasteiger partial charge on any atom is -0.436 e. The number of likely N-dealkylation sites (N-methyl/N-ethyl adjacent to an activating group) is 1. The Hall–Kier alpha value is -1.42. The van der Waals surface area contributed by atoms with Crippen LogP contribution >= 0.6 is 0 Å². The molecule has 1 aliphatic heterocycles. The summed E-state index contributed by atoms with van der Waals surface area (Å²) in [6.07, 6.45) is -9.41. The van der Waals surface area contributed by atoms with Crippen molar-refractivity contribution in [1.29, 1.82) is 0 Å². The van der Waals surface area contributed by atoms with Gasteiger partial charge in [0.15, 0.2) is 0 Å². The molecule has 0 spiro atoms. The van der Waals surface area contributed by atoms with Crippen molar-refractivity contribution in [1.82, 2.24) is 5.32 Å². The number of hydrogen-bond donors (Lipinski definition) is 7. The first-order valence-electron chi connectivity index (χ1n) is 10.7. The lowest BCUT2D eigenvalue weighted by Crippen LogP contribution is -2.65. The van der Waals surface area contributed by atoms with Gasteiger partial charge in [0.2, 0.25) is 24.3 Å². The Kier molecular flexibility index (Phi) is 11.1. The zero-order chi connectivity index (χ0) is 25.6. The molecule has 8 atom stereocenters. The van der Waals surface area contributed by atoms with E-state index in [9.17, 15) is 35.1 Å². The summed E-state index contributed by atoms with van der Waals surface area (Å²) in [5.41, 5.74) is 0. The lowest BCUT2D eigenvalue weighted by atomic mass is 9.90.